The molecular weight excluding hydrogens is 217 g/mol. The van der Waals surface area contributed by atoms with Crippen LogP contribution in [0.4, 0.5) is 4.39 Å². The molecule has 0 heterocycles. The van der Waals surface area contributed by atoms with E-state index in [0.717, 1.165) is 25.1 Å². The number of nitrogens with one attached hydrogen (secondary N) is 1. The second kappa shape index (κ2) is 6.64. The van der Waals surface area contributed by atoms with Gasteiger partial charge in [0, 0.05) is 12.4 Å². The summed E-state index contributed by atoms with van der Waals surface area (Å²) >= 11 is 5.51. The molecule has 1 rings (SSSR count). The minimum atomic E-state index is -0.313. The van der Waals surface area contributed by atoms with Crippen molar-refractivity contribution in [3.63, 3.8) is 0 Å². The van der Waals surface area contributed by atoms with Crippen molar-refractivity contribution in [2.75, 3.05) is 26.1 Å². The highest BCUT2D eigenvalue weighted by atomic mass is 35.5. The lowest BCUT2D eigenvalue weighted by Crippen LogP contribution is -2.19. The SMILES string of the molecule is COc1ccc(CCNCCCl)cc1F. The predicted octanol–water partition coefficient (Wildman–Crippen LogP) is 2.21. The smallest absolute Gasteiger partial charge is 0.165 e. The third-order valence-corrected chi connectivity index (χ3v) is 2.27. The molecule has 15 heavy (non-hydrogen) atoms. The van der Waals surface area contributed by atoms with Gasteiger partial charge in [-0.2, -0.15) is 0 Å². The molecule has 0 aromatic heterocycles. The van der Waals surface area contributed by atoms with E-state index < -0.39 is 0 Å². The Morgan fingerprint density at radius 2 is 2.20 bits per heavy atom. The second-order valence-electron chi connectivity index (χ2n) is 3.16. The van der Waals surface area contributed by atoms with Gasteiger partial charge in [0.1, 0.15) is 0 Å². The van der Waals surface area contributed by atoms with Crippen LogP contribution in [0.2, 0.25) is 0 Å². The van der Waals surface area contributed by atoms with Crippen molar-refractivity contribution in [3.05, 3.63) is 29.6 Å². The first kappa shape index (κ1) is 12.3. The van der Waals surface area contributed by atoms with Gasteiger partial charge in [-0.05, 0) is 30.7 Å². The number of halogens is 2. The summed E-state index contributed by atoms with van der Waals surface area (Å²) in [5.41, 5.74) is 0.954. The molecule has 0 aliphatic heterocycles. The Labute approximate surface area is 94.4 Å². The lowest BCUT2D eigenvalue weighted by Gasteiger charge is -2.05. The van der Waals surface area contributed by atoms with E-state index in [9.17, 15) is 4.39 Å². The Hall–Kier alpha value is -0.800. The molecule has 0 amide bonds. The molecule has 1 N–H and O–H groups in total. The number of benzene rings is 1. The molecule has 0 spiro atoms. The van der Waals surface area contributed by atoms with E-state index in [1.165, 1.54) is 13.2 Å². The van der Waals surface area contributed by atoms with Gasteiger partial charge >= 0.3 is 0 Å². The molecule has 0 saturated carbocycles. The molecule has 84 valence electrons. The minimum absolute atomic E-state index is 0.285. The van der Waals surface area contributed by atoms with Crippen molar-refractivity contribution in [3.8, 4) is 5.75 Å². The third kappa shape index (κ3) is 4.06. The number of alkyl halides is 1. The van der Waals surface area contributed by atoms with Crippen molar-refractivity contribution in [2.45, 2.75) is 6.42 Å². The molecule has 0 fully saturated rings. The fraction of sp³-hybridized carbons (Fsp3) is 0.455. The van der Waals surface area contributed by atoms with Crippen LogP contribution in [0.25, 0.3) is 0 Å². The Morgan fingerprint density at radius 1 is 1.40 bits per heavy atom. The summed E-state index contributed by atoms with van der Waals surface area (Å²) in [7, 11) is 1.46. The Balaban J connectivity index is 2.45. The predicted molar refractivity (Wildman–Crippen MR) is 60.2 cm³/mol. The molecule has 0 bridgehead atoms. The van der Waals surface area contributed by atoms with Gasteiger partial charge in [0.05, 0.1) is 7.11 Å². The quantitative estimate of drug-likeness (QED) is 0.599. The highest BCUT2D eigenvalue weighted by Crippen LogP contribution is 2.17. The van der Waals surface area contributed by atoms with Crippen LogP contribution in [0.5, 0.6) is 5.75 Å². The second-order valence-corrected chi connectivity index (χ2v) is 3.54. The average Bonchev–Trinajstić information content (AvgIpc) is 2.25. The molecule has 1 aromatic rings. The molecule has 0 unspecified atom stereocenters. The summed E-state index contributed by atoms with van der Waals surface area (Å²) in [6, 6.07) is 5.01. The highest BCUT2D eigenvalue weighted by molar-refractivity contribution is 6.18. The molecule has 4 heteroatoms. The number of ether oxygens (including phenoxy) is 1. The highest BCUT2D eigenvalue weighted by Gasteiger charge is 2.02. The molecular formula is C11H15ClFNO. The summed E-state index contributed by atoms with van der Waals surface area (Å²) in [5, 5.41) is 3.15. The first-order valence-electron chi connectivity index (χ1n) is 4.87. The van der Waals surface area contributed by atoms with E-state index in [-0.39, 0.29) is 11.6 Å². The topological polar surface area (TPSA) is 21.3 Å². The van der Waals surface area contributed by atoms with Gasteiger partial charge in [0.25, 0.3) is 0 Å². The van der Waals surface area contributed by atoms with E-state index in [1.807, 2.05) is 6.07 Å². The molecule has 0 saturated heterocycles. The maximum Gasteiger partial charge on any atom is 0.165 e. The molecule has 0 aliphatic carbocycles. The van der Waals surface area contributed by atoms with E-state index in [1.54, 1.807) is 6.07 Å². The van der Waals surface area contributed by atoms with Crippen LogP contribution < -0.4 is 10.1 Å². The van der Waals surface area contributed by atoms with Crippen molar-refractivity contribution in [1.29, 1.82) is 0 Å². The summed E-state index contributed by atoms with van der Waals surface area (Å²) in [6.07, 6.45) is 0.789. The van der Waals surface area contributed by atoms with Crippen molar-refractivity contribution < 1.29 is 9.13 Å². The van der Waals surface area contributed by atoms with Crippen LogP contribution in [0.3, 0.4) is 0 Å². The fourth-order valence-electron chi connectivity index (χ4n) is 1.29. The normalized spacial score (nSPS) is 10.3. The third-order valence-electron chi connectivity index (χ3n) is 2.08. The number of hydrogen-bond donors (Lipinski definition) is 1. The van der Waals surface area contributed by atoms with Crippen molar-refractivity contribution in [1.82, 2.24) is 5.32 Å². The van der Waals surface area contributed by atoms with Crippen LogP contribution in [0, 0.1) is 5.82 Å². The van der Waals surface area contributed by atoms with Crippen LogP contribution >= 0.6 is 11.6 Å². The van der Waals surface area contributed by atoms with Gasteiger partial charge in [-0.3, -0.25) is 0 Å². The van der Waals surface area contributed by atoms with Gasteiger partial charge in [0.2, 0.25) is 0 Å². The zero-order valence-electron chi connectivity index (χ0n) is 8.72. The lowest BCUT2D eigenvalue weighted by molar-refractivity contribution is 0.386. The number of rotatable bonds is 6. The maximum absolute atomic E-state index is 13.3. The van der Waals surface area contributed by atoms with Gasteiger partial charge < -0.3 is 10.1 Å². The standard InChI is InChI=1S/C11H15ClFNO/c1-15-11-3-2-9(8-10(11)13)4-6-14-7-5-12/h2-3,8,14H,4-7H2,1H3. The minimum Gasteiger partial charge on any atom is -0.494 e. The summed E-state index contributed by atoms with van der Waals surface area (Å²) in [6.45, 7) is 1.58. The molecule has 0 aliphatic rings. The van der Waals surface area contributed by atoms with Crippen molar-refractivity contribution >= 4 is 11.6 Å². The van der Waals surface area contributed by atoms with Crippen LogP contribution in [-0.2, 0) is 6.42 Å². The molecule has 1 aromatic carbocycles. The fourth-order valence-corrected chi connectivity index (χ4v) is 1.42. The maximum atomic E-state index is 13.3. The summed E-state index contributed by atoms with van der Waals surface area (Å²) in [4.78, 5) is 0. The van der Waals surface area contributed by atoms with Crippen molar-refractivity contribution in [2.24, 2.45) is 0 Å². The molecule has 2 nitrogen and oxygen atoms in total. The zero-order chi connectivity index (χ0) is 11.1. The van der Waals surface area contributed by atoms with Gasteiger partial charge in [-0.15, -0.1) is 11.6 Å². The number of hydrogen-bond acceptors (Lipinski definition) is 2. The Bertz CT molecular complexity index is 307. The molecule has 0 radical (unpaired) electrons. The number of methoxy groups -OCH3 is 1. The summed E-state index contributed by atoms with van der Waals surface area (Å²) < 4.78 is 18.1. The van der Waals surface area contributed by atoms with Gasteiger partial charge in [-0.1, -0.05) is 6.07 Å². The largest absolute Gasteiger partial charge is 0.494 e. The Kier molecular flexibility index (Phi) is 5.43. The first-order chi connectivity index (χ1) is 7.27. The van der Waals surface area contributed by atoms with E-state index in [2.05, 4.69) is 5.32 Å². The first-order valence-corrected chi connectivity index (χ1v) is 5.40. The van der Waals surface area contributed by atoms with Gasteiger partial charge in [-0.25, -0.2) is 4.39 Å². The average molecular weight is 232 g/mol. The summed E-state index contributed by atoms with van der Waals surface area (Å²) in [5.74, 6) is 0.566. The van der Waals surface area contributed by atoms with Crippen LogP contribution in [-0.4, -0.2) is 26.1 Å². The van der Waals surface area contributed by atoms with Crippen LogP contribution in [0.1, 0.15) is 5.56 Å². The van der Waals surface area contributed by atoms with Crippen LogP contribution in [0.15, 0.2) is 18.2 Å². The van der Waals surface area contributed by atoms with E-state index >= 15 is 0 Å². The molecule has 0 atom stereocenters. The zero-order valence-corrected chi connectivity index (χ0v) is 9.48. The monoisotopic (exact) mass is 231 g/mol. The van der Waals surface area contributed by atoms with Gasteiger partial charge in [0.15, 0.2) is 11.6 Å². The lowest BCUT2D eigenvalue weighted by atomic mass is 10.1. The Morgan fingerprint density at radius 3 is 2.80 bits per heavy atom. The van der Waals surface area contributed by atoms with E-state index in [0.29, 0.717) is 5.88 Å². The van der Waals surface area contributed by atoms with E-state index in [4.69, 9.17) is 16.3 Å².